The number of hydrogen-bond donors (Lipinski definition) is 1. The van der Waals surface area contributed by atoms with E-state index in [1.54, 1.807) is 0 Å². The summed E-state index contributed by atoms with van der Waals surface area (Å²) in [4.78, 5) is 26.1. The summed E-state index contributed by atoms with van der Waals surface area (Å²) < 4.78 is 5.37. The molecule has 0 spiro atoms. The SMILES string of the molecule is O=C1NC(Cc2ccccc2)C(=O)N1Cc1noc2c1CCCC2. The molecule has 2 aromatic rings. The Labute approximate surface area is 139 Å². The molecule has 1 unspecified atom stereocenters. The van der Waals surface area contributed by atoms with Gasteiger partial charge in [0, 0.05) is 18.4 Å². The predicted molar refractivity (Wildman–Crippen MR) is 86.2 cm³/mol. The molecule has 6 heteroatoms. The molecule has 0 saturated carbocycles. The van der Waals surface area contributed by atoms with Crippen molar-refractivity contribution in [2.45, 2.75) is 44.7 Å². The van der Waals surface area contributed by atoms with Crippen LogP contribution in [-0.4, -0.2) is 28.0 Å². The van der Waals surface area contributed by atoms with Crippen LogP contribution in [-0.2, 0) is 30.6 Å². The number of imide groups is 1. The van der Waals surface area contributed by atoms with Gasteiger partial charge in [0.15, 0.2) is 0 Å². The second-order valence-corrected chi connectivity index (χ2v) is 6.35. The lowest BCUT2D eigenvalue weighted by Gasteiger charge is -2.14. The number of hydrogen-bond acceptors (Lipinski definition) is 4. The standard InChI is InChI=1S/C18H19N3O3/c22-17-14(10-12-6-2-1-3-7-12)19-18(23)21(17)11-15-13-8-4-5-9-16(13)24-20-15/h1-3,6-7,14H,4-5,8-11H2,(H,19,23). The number of amides is 3. The number of fused-ring (bicyclic) bond motifs is 1. The molecule has 1 aromatic carbocycles. The largest absolute Gasteiger partial charge is 0.361 e. The molecule has 1 aromatic heterocycles. The Kier molecular flexibility index (Phi) is 3.80. The Morgan fingerprint density at radius 3 is 2.79 bits per heavy atom. The number of aromatic nitrogens is 1. The lowest BCUT2D eigenvalue weighted by molar-refractivity contribution is -0.127. The van der Waals surface area contributed by atoms with Crippen molar-refractivity contribution in [2.75, 3.05) is 0 Å². The third kappa shape index (κ3) is 2.68. The van der Waals surface area contributed by atoms with E-state index in [9.17, 15) is 9.59 Å². The summed E-state index contributed by atoms with van der Waals surface area (Å²) in [5.41, 5.74) is 2.82. The highest BCUT2D eigenvalue weighted by Crippen LogP contribution is 2.26. The molecule has 1 saturated heterocycles. The van der Waals surface area contributed by atoms with Crippen molar-refractivity contribution in [1.29, 1.82) is 0 Å². The van der Waals surface area contributed by atoms with Crippen LogP contribution in [0.3, 0.4) is 0 Å². The summed E-state index contributed by atoms with van der Waals surface area (Å²) in [6.45, 7) is 0.189. The minimum absolute atomic E-state index is 0.189. The molecule has 1 fully saturated rings. The van der Waals surface area contributed by atoms with Gasteiger partial charge in [-0.3, -0.25) is 9.69 Å². The molecule has 2 heterocycles. The van der Waals surface area contributed by atoms with Gasteiger partial charge < -0.3 is 9.84 Å². The number of nitrogens with one attached hydrogen (secondary N) is 1. The number of benzene rings is 1. The number of rotatable bonds is 4. The molecule has 4 rings (SSSR count). The molecule has 1 aliphatic heterocycles. The highest BCUT2D eigenvalue weighted by molar-refractivity contribution is 6.04. The normalized spacial score (nSPS) is 20.2. The molecular weight excluding hydrogens is 306 g/mol. The van der Waals surface area contributed by atoms with E-state index in [-0.39, 0.29) is 18.5 Å². The van der Waals surface area contributed by atoms with E-state index in [2.05, 4.69) is 10.5 Å². The van der Waals surface area contributed by atoms with E-state index >= 15 is 0 Å². The van der Waals surface area contributed by atoms with E-state index in [4.69, 9.17) is 4.52 Å². The van der Waals surface area contributed by atoms with Gasteiger partial charge in [-0.25, -0.2) is 4.79 Å². The average molecular weight is 325 g/mol. The average Bonchev–Trinajstić information content (AvgIpc) is 3.13. The summed E-state index contributed by atoms with van der Waals surface area (Å²) in [5, 5.41) is 6.86. The maximum Gasteiger partial charge on any atom is 0.325 e. The number of carbonyl (C=O) groups is 2. The zero-order chi connectivity index (χ0) is 16.5. The van der Waals surface area contributed by atoms with Crippen LogP contribution >= 0.6 is 0 Å². The lowest BCUT2D eigenvalue weighted by atomic mass is 9.96. The van der Waals surface area contributed by atoms with Crippen LogP contribution in [0.15, 0.2) is 34.9 Å². The van der Waals surface area contributed by atoms with E-state index < -0.39 is 6.04 Å². The van der Waals surface area contributed by atoms with Crippen LogP contribution in [0, 0.1) is 0 Å². The minimum Gasteiger partial charge on any atom is -0.361 e. The molecule has 2 aliphatic rings. The number of nitrogens with zero attached hydrogens (tertiary/aromatic N) is 2. The van der Waals surface area contributed by atoms with Gasteiger partial charge in [0.05, 0.1) is 6.54 Å². The number of aryl methyl sites for hydroxylation is 1. The van der Waals surface area contributed by atoms with Gasteiger partial charge in [-0.15, -0.1) is 0 Å². The monoisotopic (exact) mass is 325 g/mol. The molecule has 0 radical (unpaired) electrons. The fourth-order valence-electron chi connectivity index (χ4n) is 3.44. The van der Waals surface area contributed by atoms with Crippen LogP contribution in [0.2, 0.25) is 0 Å². The molecule has 1 atom stereocenters. The first-order valence-electron chi connectivity index (χ1n) is 8.34. The van der Waals surface area contributed by atoms with Crippen molar-refractivity contribution in [3.8, 4) is 0 Å². The molecule has 3 amide bonds. The van der Waals surface area contributed by atoms with Crippen molar-refractivity contribution < 1.29 is 14.1 Å². The molecule has 24 heavy (non-hydrogen) atoms. The molecular formula is C18H19N3O3. The zero-order valence-corrected chi connectivity index (χ0v) is 13.3. The van der Waals surface area contributed by atoms with Gasteiger partial charge in [0.25, 0.3) is 5.91 Å². The first-order valence-corrected chi connectivity index (χ1v) is 8.34. The summed E-state index contributed by atoms with van der Waals surface area (Å²) in [5.74, 6) is 0.709. The van der Waals surface area contributed by atoms with Crippen LogP contribution in [0.25, 0.3) is 0 Å². The fraction of sp³-hybridized carbons (Fsp3) is 0.389. The quantitative estimate of drug-likeness (QED) is 0.875. The van der Waals surface area contributed by atoms with Crippen molar-refractivity contribution >= 4 is 11.9 Å². The molecule has 1 N–H and O–H groups in total. The van der Waals surface area contributed by atoms with Gasteiger partial charge >= 0.3 is 6.03 Å². The Balaban J connectivity index is 1.49. The second-order valence-electron chi connectivity index (χ2n) is 6.35. The third-order valence-corrected chi connectivity index (χ3v) is 4.73. The maximum atomic E-state index is 12.6. The smallest absolute Gasteiger partial charge is 0.325 e. The van der Waals surface area contributed by atoms with E-state index in [0.29, 0.717) is 12.1 Å². The van der Waals surface area contributed by atoms with Gasteiger partial charge in [0.1, 0.15) is 17.5 Å². The third-order valence-electron chi connectivity index (χ3n) is 4.73. The molecule has 6 nitrogen and oxygen atoms in total. The summed E-state index contributed by atoms with van der Waals surface area (Å²) in [7, 11) is 0. The van der Waals surface area contributed by atoms with Crippen molar-refractivity contribution in [3.05, 3.63) is 52.9 Å². The number of urea groups is 1. The fourth-order valence-corrected chi connectivity index (χ4v) is 3.44. The van der Waals surface area contributed by atoms with Crippen LogP contribution in [0.1, 0.15) is 35.4 Å². The van der Waals surface area contributed by atoms with E-state index in [1.807, 2.05) is 30.3 Å². The number of carbonyl (C=O) groups excluding carboxylic acids is 2. The molecule has 0 bridgehead atoms. The minimum atomic E-state index is -0.511. The predicted octanol–water partition coefficient (Wildman–Crippen LogP) is 2.22. The topological polar surface area (TPSA) is 75.4 Å². The highest BCUT2D eigenvalue weighted by Gasteiger charge is 2.39. The molecule has 124 valence electrons. The van der Waals surface area contributed by atoms with Crippen molar-refractivity contribution in [1.82, 2.24) is 15.4 Å². The van der Waals surface area contributed by atoms with Gasteiger partial charge in [0.2, 0.25) is 0 Å². The van der Waals surface area contributed by atoms with Crippen LogP contribution in [0.4, 0.5) is 4.79 Å². The van der Waals surface area contributed by atoms with E-state index in [0.717, 1.165) is 42.6 Å². The van der Waals surface area contributed by atoms with Crippen LogP contribution in [0.5, 0.6) is 0 Å². The first kappa shape index (κ1) is 14.9. The van der Waals surface area contributed by atoms with Crippen molar-refractivity contribution in [2.24, 2.45) is 0 Å². The first-order chi connectivity index (χ1) is 11.7. The van der Waals surface area contributed by atoms with Crippen molar-refractivity contribution in [3.63, 3.8) is 0 Å². The highest BCUT2D eigenvalue weighted by atomic mass is 16.5. The van der Waals surface area contributed by atoms with Crippen LogP contribution < -0.4 is 5.32 Å². The summed E-state index contributed by atoms with van der Waals surface area (Å²) in [6, 6.07) is 8.83. The van der Waals surface area contributed by atoms with Gasteiger partial charge in [-0.05, 0) is 24.8 Å². The van der Waals surface area contributed by atoms with Gasteiger partial charge in [-0.1, -0.05) is 35.5 Å². The summed E-state index contributed by atoms with van der Waals surface area (Å²) >= 11 is 0. The Morgan fingerprint density at radius 1 is 1.17 bits per heavy atom. The Morgan fingerprint density at radius 2 is 1.96 bits per heavy atom. The maximum absolute atomic E-state index is 12.6. The lowest BCUT2D eigenvalue weighted by Crippen LogP contribution is -2.32. The Hall–Kier alpha value is -2.63. The zero-order valence-electron chi connectivity index (χ0n) is 13.3. The van der Waals surface area contributed by atoms with E-state index in [1.165, 1.54) is 4.90 Å². The molecule has 1 aliphatic carbocycles. The van der Waals surface area contributed by atoms with Gasteiger partial charge in [-0.2, -0.15) is 0 Å². The second kappa shape index (κ2) is 6.11. The summed E-state index contributed by atoms with van der Waals surface area (Å²) in [6.07, 6.45) is 4.49. The Bertz CT molecular complexity index is 769.